The average Bonchev–Trinajstić information content (AvgIpc) is 2.84. The number of unbranched alkanes of at least 4 members (excludes halogenated alkanes) is 4. The van der Waals surface area contributed by atoms with Gasteiger partial charge in [0.25, 0.3) is 0 Å². The van der Waals surface area contributed by atoms with E-state index in [0.717, 1.165) is 0 Å². The van der Waals surface area contributed by atoms with Crippen molar-refractivity contribution in [3.8, 4) is 0 Å². The molecule has 2 amide bonds. The molecule has 0 unspecified atom stereocenters. The summed E-state index contributed by atoms with van der Waals surface area (Å²) in [6, 6.07) is 16.7. The van der Waals surface area contributed by atoms with Gasteiger partial charge < -0.3 is 21.4 Å². The normalized spacial score (nSPS) is 9.16. The third-order valence-corrected chi connectivity index (χ3v) is 8.21. The number of hydroxylamine groups is 2. The molecular weight excluding hydrogens is 499 g/mol. The van der Waals surface area contributed by atoms with E-state index in [1.165, 1.54) is 43.1 Å². The van der Waals surface area contributed by atoms with Crippen LogP contribution in [0.4, 0.5) is 0 Å². The van der Waals surface area contributed by atoms with Crippen LogP contribution in [0, 0.1) is 10.4 Å². The first-order valence-electron chi connectivity index (χ1n) is 10.8. The van der Waals surface area contributed by atoms with Gasteiger partial charge in [0.05, 0.1) is 0 Å². The fraction of sp³-hybridized carbons (Fsp3) is 0.417. The van der Waals surface area contributed by atoms with Gasteiger partial charge in [-0.15, -0.1) is 0 Å². The Kier molecular flexibility index (Phi) is 20.0. The summed E-state index contributed by atoms with van der Waals surface area (Å²) in [6.07, 6.45) is 8.83. The number of benzene rings is 2. The molecule has 31 heavy (non-hydrogen) atoms. The van der Waals surface area contributed by atoms with Crippen molar-refractivity contribution in [2.75, 3.05) is 0 Å². The van der Waals surface area contributed by atoms with Gasteiger partial charge in [-0.05, 0) is 24.3 Å². The fourth-order valence-corrected chi connectivity index (χ4v) is 6.26. The molecule has 0 aromatic heterocycles. The summed E-state index contributed by atoms with van der Waals surface area (Å²) >= 11 is 0.127. The molecule has 2 N–H and O–H groups in total. The van der Waals surface area contributed by atoms with Gasteiger partial charge in [0.1, 0.15) is 0 Å². The van der Waals surface area contributed by atoms with Crippen LogP contribution in [0.15, 0.2) is 60.7 Å². The number of carbonyl (C=O) groups is 2. The van der Waals surface area contributed by atoms with Crippen LogP contribution in [0.2, 0.25) is 8.87 Å². The molecule has 0 saturated carbocycles. The van der Waals surface area contributed by atoms with Gasteiger partial charge in [-0.25, -0.2) is 0 Å². The maximum atomic E-state index is 10.6. The second kappa shape index (κ2) is 21.3. The predicted molar refractivity (Wildman–Crippen MR) is 129 cm³/mol. The van der Waals surface area contributed by atoms with E-state index < -0.39 is 11.8 Å². The first kappa shape index (κ1) is 29.1. The SMILES string of the molecule is CCCCC[CH2][Sn+2][CH2]CCC.O=C(N[O-])c1ccccc1.O=C(N[O-])c1ccccc1. The van der Waals surface area contributed by atoms with E-state index in [9.17, 15) is 20.0 Å². The maximum Gasteiger partial charge on any atom is 0.240 e. The van der Waals surface area contributed by atoms with Gasteiger partial charge >= 0.3 is 82.4 Å². The molecule has 0 heterocycles. The third-order valence-electron chi connectivity index (χ3n) is 4.17. The van der Waals surface area contributed by atoms with Crippen molar-refractivity contribution in [1.29, 1.82) is 0 Å². The van der Waals surface area contributed by atoms with Crippen molar-refractivity contribution in [2.24, 2.45) is 0 Å². The summed E-state index contributed by atoms with van der Waals surface area (Å²) in [5.41, 5.74) is 3.36. The summed E-state index contributed by atoms with van der Waals surface area (Å²) < 4.78 is 3.27. The van der Waals surface area contributed by atoms with Crippen LogP contribution >= 0.6 is 0 Å². The monoisotopic (exact) mass is 534 g/mol. The largest absolute Gasteiger partial charge is 0.759 e. The van der Waals surface area contributed by atoms with Gasteiger partial charge in [-0.1, -0.05) is 36.4 Å². The Morgan fingerprint density at radius 1 is 0.677 bits per heavy atom. The van der Waals surface area contributed by atoms with E-state index >= 15 is 0 Å². The maximum absolute atomic E-state index is 10.6. The molecule has 2 rings (SSSR count). The number of carbonyl (C=O) groups excluding carboxylic acids is 2. The molecular formula is C24H34N2O4Sn. The molecule has 0 bridgehead atoms. The molecule has 6 nitrogen and oxygen atoms in total. The Morgan fingerprint density at radius 2 is 1.10 bits per heavy atom. The summed E-state index contributed by atoms with van der Waals surface area (Å²) in [5, 5.41) is 19.7. The molecule has 7 heteroatoms. The Hall–Kier alpha value is -1.90. The van der Waals surface area contributed by atoms with Crippen LogP contribution in [0.1, 0.15) is 73.1 Å². The minimum Gasteiger partial charge on any atom is -0.759 e. The van der Waals surface area contributed by atoms with E-state index in [1.807, 2.05) is 0 Å². The first-order valence-corrected chi connectivity index (χ1v) is 14.8. The van der Waals surface area contributed by atoms with Crippen molar-refractivity contribution in [2.45, 2.75) is 61.2 Å². The molecule has 0 saturated heterocycles. The number of nitrogens with one attached hydrogen (secondary N) is 2. The molecule has 0 aliphatic heterocycles. The van der Waals surface area contributed by atoms with Gasteiger partial charge in [0.15, 0.2) is 0 Å². The van der Waals surface area contributed by atoms with Crippen LogP contribution < -0.4 is 11.0 Å². The first-order chi connectivity index (χ1) is 15.1. The van der Waals surface area contributed by atoms with Gasteiger partial charge in [0.2, 0.25) is 11.8 Å². The molecule has 2 aromatic rings. The second-order valence-electron chi connectivity index (χ2n) is 6.76. The minimum absolute atomic E-state index is 0.127. The van der Waals surface area contributed by atoms with Gasteiger partial charge in [-0.2, -0.15) is 0 Å². The Labute approximate surface area is 196 Å². The summed E-state index contributed by atoms with van der Waals surface area (Å²) in [4.78, 5) is 21.2. The van der Waals surface area contributed by atoms with Crippen molar-refractivity contribution < 1.29 is 9.59 Å². The van der Waals surface area contributed by atoms with E-state index in [1.54, 1.807) is 76.0 Å². The van der Waals surface area contributed by atoms with Crippen LogP contribution in [-0.2, 0) is 0 Å². The second-order valence-corrected chi connectivity index (χ2v) is 11.0. The molecule has 168 valence electrons. The molecule has 0 aliphatic rings. The molecule has 0 radical (unpaired) electrons. The van der Waals surface area contributed by atoms with Gasteiger partial charge in [-0.3, -0.25) is 9.59 Å². The fourth-order valence-electron chi connectivity index (χ4n) is 2.40. The van der Waals surface area contributed by atoms with Gasteiger partial charge in [0, 0.05) is 11.1 Å². The number of hydrogen-bond acceptors (Lipinski definition) is 4. The van der Waals surface area contributed by atoms with Crippen LogP contribution in [0.25, 0.3) is 0 Å². The predicted octanol–water partition coefficient (Wildman–Crippen LogP) is 5.74. The van der Waals surface area contributed by atoms with Crippen LogP contribution in [0.3, 0.4) is 0 Å². The van der Waals surface area contributed by atoms with Crippen molar-refractivity contribution in [3.63, 3.8) is 0 Å². The van der Waals surface area contributed by atoms with Crippen LogP contribution in [-0.4, -0.2) is 33.0 Å². The zero-order valence-electron chi connectivity index (χ0n) is 18.6. The average molecular weight is 533 g/mol. The van der Waals surface area contributed by atoms with Crippen molar-refractivity contribution in [1.82, 2.24) is 11.0 Å². The van der Waals surface area contributed by atoms with Crippen molar-refractivity contribution >= 4 is 33.0 Å². The Bertz CT molecular complexity index is 625. The molecule has 0 aliphatic carbocycles. The topological polar surface area (TPSA) is 104 Å². The van der Waals surface area contributed by atoms with E-state index in [0.29, 0.717) is 11.1 Å². The zero-order valence-corrected chi connectivity index (χ0v) is 21.4. The smallest absolute Gasteiger partial charge is 0.240 e. The summed E-state index contributed by atoms with van der Waals surface area (Å²) in [6.45, 7) is 4.59. The molecule has 0 atom stereocenters. The van der Waals surface area contributed by atoms with Crippen LogP contribution in [0.5, 0.6) is 0 Å². The number of rotatable bonds is 10. The molecule has 0 spiro atoms. The number of hydrogen-bond donors (Lipinski definition) is 2. The zero-order chi connectivity index (χ0) is 23.2. The Balaban J connectivity index is 0.000000436. The summed E-state index contributed by atoms with van der Waals surface area (Å²) in [5.74, 6) is -1.19. The van der Waals surface area contributed by atoms with E-state index in [4.69, 9.17) is 0 Å². The number of amides is 2. The van der Waals surface area contributed by atoms with E-state index in [2.05, 4.69) is 13.8 Å². The van der Waals surface area contributed by atoms with E-state index in [-0.39, 0.29) is 21.1 Å². The molecule has 2 aromatic carbocycles. The molecule has 0 fully saturated rings. The standard InChI is InChI=1S/2C7H6NO2.C6H13.C4H9.Sn/c2*9-7(8-10)6-4-2-1-3-5-6;1-3-5-6-4-2;1-3-4-2;/h2*1-5H,(H-,8,9,10);1,3-6H2,2H3;1,3-4H2,2H3;/q2*-1;;;+2. The quantitative estimate of drug-likeness (QED) is 0.231. The van der Waals surface area contributed by atoms with Crippen molar-refractivity contribution in [3.05, 3.63) is 82.2 Å². The minimum atomic E-state index is -0.597. The third kappa shape index (κ3) is 16.5. The Morgan fingerprint density at radius 3 is 1.48 bits per heavy atom. The summed E-state index contributed by atoms with van der Waals surface area (Å²) in [7, 11) is 0.